The van der Waals surface area contributed by atoms with Gasteiger partial charge in [-0.2, -0.15) is 5.10 Å². The number of fused-ring (bicyclic) bond motifs is 1. The third kappa shape index (κ3) is 2.38. The van der Waals surface area contributed by atoms with Gasteiger partial charge in [0.15, 0.2) is 0 Å². The summed E-state index contributed by atoms with van der Waals surface area (Å²) in [4.78, 5) is 7.12. The number of hydrogen-bond donors (Lipinski definition) is 2. The molecule has 0 aliphatic rings. The summed E-state index contributed by atoms with van der Waals surface area (Å²) in [6.45, 7) is 3.86. The molecule has 0 saturated heterocycles. The molecule has 0 aromatic carbocycles. The highest BCUT2D eigenvalue weighted by atomic mass is 32.2. The largest absolute Gasteiger partial charge is 0.345 e. The van der Waals surface area contributed by atoms with Crippen LogP contribution in [0.4, 0.5) is 5.82 Å². The SMILES string of the molecule is CC(C)n1nccc1NS(=O)(=O)c1c[nH]c2ncccc12. The molecule has 0 saturated carbocycles. The van der Waals surface area contributed by atoms with Crippen molar-refractivity contribution >= 4 is 26.9 Å². The summed E-state index contributed by atoms with van der Waals surface area (Å²) in [5.41, 5.74) is 0.537. The zero-order valence-electron chi connectivity index (χ0n) is 11.6. The molecule has 21 heavy (non-hydrogen) atoms. The Morgan fingerprint density at radius 2 is 2.10 bits per heavy atom. The standard InChI is InChI=1S/C13H15N5O2S/c1-9(2)18-12(5-7-16-18)17-21(19,20)11-8-15-13-10(11)4-3-6-14-13/h3-9,17H,1-2H3,(H,14,15). The fourth-order valence-corrected chi connectivity index (χ4v) is 3.37. The second-order valence-electron chi connectivity index (χ2n) is 4.91. The maximum Gasteiger partial charge on any atom is 0.265 e. The van der Waals surface area contributed by atoms with Crippen molar-refractivity contribution in [2.75, 3.05) is 4.72 Å². The summed E-state index contributed by atoms with van der Waals surface area (Å²) in [5.74, 6) is 0.434. The first-order chi connectivity index (χ1) is 9.99. The molecule has 3 rings (SSSR count). The van der Waals surface area contributed by atoms with Crippen LogP contribution in [0, 0.1) is 0 Å². The van der Waals surface area contributed by atoms with Gasteiger partial charge in [-0.15, -0.1) is 0 Å². The van der Waals surface area contributed by atoms with Gasteiger partial charge in [0.05, 0.1) is 6.20 Å². The van der Waals surface area contributed by atoms with E-state index in [2.05, 4.69) is 19.8 Å². The van der Waals surface area contributed by atoms with Gasteiger partial charge < -0.3 is 4.98 Å². The van der Waals surface area contributed by atoms with Crippen molar-refractivity contribution in [1.29, 1.82) is 0 Å². The number of aromatic nitrogens is 4. The highest BCUT2D eigenvalue weighted by Gasteiger charge is 2.21. The van der Waals surface area contributed by atoms with E-state index in [1.165, 1.54) is 6.20 Å². The number of aromatic amines is 1. The van der Waals surface area contributed by atoms with Crippen LogP contribution in [-0.4, -0.2) is 28.2 Å². The average molecular weight is 305 g/mol. The van der Waals surface area contributed by atoms with E-state index >= 15 is 0 Å². The molecule has 0 bridgehead atoms. The van der Waals surface area contributed by atoms with Crippen LogP contribution in [0.3, 0.4) is 0 Å². The molecule has 0 spiro atoms. The summed E-state index contributed by atoms with van der Waals surface area (Å²) in [6, 6.07) is 5.10. The summed E-state index contributed by atoms with van der Waals surface area (Å²) in [5, 5.41) is 4.67. The zero-order chi connectivity index (χ0) is 15.0. The molecule has 0 aliphatic heterocycles. The van der Waals surface area contributed by atoms with Crippen molar-refractivity contribution in [1.82, 2.24) is 19.7 Å². The molecule has 0 aliphatic carbocycles. The number of anilines is 1. The lowest BCUT2D eigenvalue weighted by Gasteiger charge is -2.12. The minimum Gasteiger partial charge on any atom is -0.345 e. The van der Waals surface area contributed by atoms with Gasteiger partial charge in [0.25, 0.3) is 10.0 Å². The molecule has 0 unspecified atom stereocenters. The van der Waals surface area contributed by atoms with Crippen LogP contribution >= 0.6 is 0 Å². The van der Waals surface area contributed by atoms with Gasteiger partial charge in [0.1, 0.15) is 16.4 Å². The smallest absolute Gasteiger partial charge is 0.265 e. The first kappa shape index (κ1) is 13.6. The highest BCUT2D eigenvalue weighted by Crippen LogP contribution is 2.24. The molecule has 0 atom stereocenters. The Labute approximate surface area is 122 Å². The maximum atomic E-state index is 12.5. The number of nitrogens with one attached hydrogen (secondary N) is 2. The van der Waals surface area contributed by atoms with Crippen LogP contribution in [-0.2, 0) is 10.0 Å². The molecule has 0 amide bonds. The normalized spacial score (nSPS) is 12.1. The molecule has 8 heteroatoms. The Kier molecular flexibility index (Phi) is 3.17. The van der Waals surface area contributed by atoms with Crippen LogP contribution in [0.1, 0.15) is 19.9 Å². The summed E-state index contributed by atoms with van der Waals surface area (Å²) in [7, 11) is -3.70. The van der Waals surface area contributed by atoms with Crippen LogP contribution in [0.15, 0.2) is 41.7 Å². The van der Waals surface area contributed by atoms with Crippen LogP contribution in [0.2, 0.25) is 0 Å². The van der Waals surface area contributed by atoms with E-state index < -0.39 is 10.0 Å². The third-order valence-corrected chi connectivity index (χ3v) is 4.50. The van der Waals surface area contributed by atoms with Gasteiger partial charge in [0.2, 0.25) is 0 Å². The predicted molar refractivity (Wildman–Crippen MR) is 79.5 cm³/mol. The van der Waals surface area contributed by atoms with Gasteiger partial charge in [-0.25, -0.2) is 18.1 Å². The fraction of sp³-hybridized carbons (Fsp3) is 0.231. The van der Waals surface area contributed by atoms with E-state index in [-0.39, 0.29) is 10.9 Å². The van der Waals surface area contributed by atoms with Crippen molar-refractivity contribution in [2.24, 2.45) is 0 Å². The number of sulfonamides is 1. The summed E-state index contributed by atoms with van der Waals surface area (Å²) >= 11 is 0. The Morgan fingerprint density at radius 1 is 1.29 bits per heavy atom. The molecule has 7 nitrogen and oxygen atoms in total. The predicted octanol–water partition coefficient (Wildman–Crippen LogP) is 2.14. The molecule has 3 aromatic rings. The summed E-state index contributed by atoms with van der Waals surface area (Å²) in [6.07, 6.45) is 4.61. The lowest BCUT2D eigenvalue weighted by molar-refractivity contribution is 0.539. The van der Waals surface area contributed by atoms with E-state index in [0.717, 1.165) is 0 Å². The number of pyridine rings is 1. The number of hydrogen-bond acceptors (Lipinski definition) is 4. The number of rotatable bonds is 4. The fourth-order valence-electron chi connectivity index (χ4n) is 2.15. The molecule has 110 valence electrons. The number of nitrogens with zero attached hydrogens (tertiary/aromatic N) is 3. The molecular weight excluding hydrogens is 290 g/mol. The van der Waals surface area contributed by atoms with Crippen molar-refractivity contribution in [3.63, 3.8) is 0 Å². The lowest BCUT2D eigenvalue weighted by atomic mass is 10.3. The second kappa shape index (κ2) is 4.88. The molecule has 3 heterocycles. The Bertz CT molecular complexity index is 879. The maximum absolute atomic E-state index is 12.5. The van der Waals surface area contributed by atoms with Crippen molar-refractivity contribution in [3.05, 3.63) is 36.8 Å². The third-order valence-electron chi connectivity index (χ3n) is 3.10. The van der Waals surface area contributed by atoms with Crippen LogP contribution in [0.5, 0.6) is 0 Å². The van der Waals surface area contributed by atoms with Crippen molar-refractivity contribution in [3.8, 4) is 0 Å². The van der Waals surface area contributed by atoms with Crippen molar-refractivity contribution < 1.29 is 8.42 Å². The van der Waals surface area contributed by atoms with Gasteiger partial charge >= 0.3 is 0 Å². The monoisotopic (exact) mass is 305 g/mol. The van der Waals surface area contributed by atoms with Crippen LogP contribution < -0.4 is 4.72 Å². The van der Waals surface area contributed by atoms with E-state index in [4.69, 9.17) is 0 Å². The Balaban J connectivity index is 2.03. The van der Waals surface area contributed by atoms with E-state index in [9.17, 15) is 8.42 Å². The minimum absolute atomic E-state index is 0.0577. The Hall–Kier alpha value is -2.35. The van der Waals surface area contributed by atoms with E-state index in [1.807, 2.05) is 13.8 Å². The zero-order valence-corrected chi connectivity index (χ0v) is 12.4. The molecule has 0 fully saturated rings. The first-order valence-corrected chi connectivity index (χ1v) is 7.96. The highest BCUT2D eigenvalue weighted by molar-refractivity contribution is 7.93. The molecule has 0 radical (unpaired) electrons. The van der Waals surface area contributed by atoms with E-state index in [0.29, 0.717) is 16.9 Å². The first-order valence-electron chi connectivity index (χ1n) is 6.47. The second-order valence-corrected chi connectivity index (χ2v) is 6.56. The minimum atomic E-state index is -3.70. The molecule has 3 aromatic heterocycles. The Morgan fingerprint density at radius 3 is 2.86 bits per heavy atom. The van der Waals surface area contributed by atoms with Gasteiger partial charge in [0, 0.05) is 29.9 Å². The van der Waals surface area contributed by atoms with Gasteiger partial charge in [-0.05, 0) is 26.0 Å². The average Bonchev–Trinajstić information content (AvgIpc) is 3.04. The summed E-state index contributed by atoms with van der Waals surface area (Å²) < 4.78 is 29.3. The van der Waals surface area contributed by atoms with Gasteiger partial charge in [-0.1, -0.05) is 0 Å². The van der Waals surface area contributed by atoms with E-state index in [1.54, 1.807) is 35.3 Å². The molecule has 2 N–H and O–H groups in total. The topological polar surface area (TPSA) is 92.7 Å². The lowest BCUT2D eigenvalue weighted by Crippen LogP contribution is -2.17. The quantitative estimate of drug-likeness (QED) is 0.772. The molecular formula is C13H15N5O2S. The van der Waals surface area contributed by atoms with Gasteiger partial charge in [-0.3, -0.25) is 4.72 Å². The van der Waals surface area contributed by atoms with Crippen LogP contribution in [0.25, 0.3) is 11.0 Å². The number of H-pyrrole nitrogens is 1. The van der Waals surface area contributed by atoms with Crippen molar-refractivity contribution in [2.45, 2.75) is 24.8 Å².